The number of nitrogens with zero attached hydrogens (tertiary/aromatic N) is 1. The third-order valence-corrected chi connectivity index (χ3v) is 6.44. The Labute approximate surface area is 121 Å². The standard InChI is InChI=1S/C11H18N4O3S2/c1-2-13-11-15-9(12)8(19-11)10(16)14-6-7-4-3-5-20(7,17)18/h7H,2-6,12H2,1H3,(H,13,15)(H,14,16). The fourth-order valence-electron chi connectivity index (χ4n) is 2.10. The summed E-state index contributed by atoms with van der Waals surface area (Å²) in [7, 11) is -3.05. The molecule has 1 aromatic heterocycles. The van der Waals surface area contributed by atoms with Crippen LogP contribution in [0.4, 0.5) is 10.9 Å². The highest BCUT2D eigenvalue weighted by molar-refractivity contribution is 7.92. The number of amides is 1. The van der Waals surface area contributed by atoms with Gasteiger partial charge in [-0.05, 0) is 19.8 Å². The van der Waals surface area contributed by atoms with Gasteiger partial charge in [-0.15, -0.1) is 0 Å². The molecule has 7 nitrogen and oxygen atoms in total. The van der Waals surface area contributed by atoms with E-state index in [-0.39, 0.29) is 24.0 Å². The molecule has 0 radical (unpaired) electrons. The quantitative estimate of drug-likeness (QED) is 0.727. The van der Waals surface area contributed by atoms with Gasteiger partial charge in [-0.2, -0.15) is 0 Å². The third-order valence-electron chi connectivity index (χ3n) is 3.14. The molecule has 20 heavy (non-hydrogen) atoms. The number of sulfone groups is 1. The van der Waals surface area contributed by atoms with Gasteiger partial charge in [0.05, 0.1) is 11.0 Å². The Balaban J connectivity index is 1.98. The van der Waals surface area contributed by atoms with Crippen molar-refractivity contribution in [2.45, 2.75) is 25.0 Å². The number of hydrogen-bond acceptors (Lipinski definition) is 7. The first-order valence-corrected chi connectivity index (χ1v) is 8.97. The van der Waals surface area contributed by atoms with Crippen LogP contribution in [0.2, 0.25) is 0 Å². The van der Waals surface area contributed by atoms with Crippen molar-refractivity contribution < 1.29 is 13.2 Å². The lowest BCUT2D eigenvalue weighted by Crippen LogP contribution is -2.34. The Bertz CT molecular complexity index is 597. The summed E-state index contributed by atoms with van der Waals surface area (Å²) >= 11 is 1.17. The van der Waals surface area contributed by atoms with E-state index in [4.69, 9.17) is 5.73 Å². The molecule has 2 rings (SSSR count). The molecular weight excluding hydrogens is 300 g/mol. The molecule has 1 aromatic rings. The first-order valence-electron chi connectivity index (χ1n) is 6.44. The van der Waals surface area contributed by atoms with E-state index in [0.717, 1.165) is 0 Å². The van der Waals surface area contributed by atoms with E-state index in [9.17, 15) is 13.2 Å². The molecule has 1 amide bonds. The number of nitrogens with two attached hydrogens (primary N) is 1. The SMILES string of the molecule is CCNc1nc(N)c(C(=O)NCC2CCCS2(=O)=O)s1. The van der Waals surface area contributed by atoms with Crippen molar-refractivity contribution in [3.63, 3.8) is 0 Å². The van der Waals surface area contributed by atoms with Crippen LogP contribution in [-0.2, 0) is 9.84 Å². The normalized spacial score (nSPS) is 20.8. The van der Waals surface area contributed by atoms with E-state index in [0.29, 0.717) is 29.4 Å². The first kappa shape index (κ1) is 15.0. The Kier molecular flexibility index (Phi) is 4.48. The van der Waals surface area contributed by atoms with Crippen molar-refractivity contribution in [2.75, 3.05) is 29.9 Å². The number of aromatic nitrogens is 1. The van der Waals surface area contributed by atoms with Gasteiger partial charge in [0.15, 0.2) is 15.0 Å². The molecule has 1 aliphatic heterocycles. The molecular formula is C11H18N4O3S2. The van der Waals surface area contributed by atoms with Crippen LogP contribution < -0.4 is 16.4 Å². The van der Waals surface area contributed by atoms with Crippen LogP contribution in [-0.4, -0.2) is 43.4 Å². The number of carbonyl (C=O) groups is 1. The summed E-state index contributed by atoms with van der Waals surface area (Å²) in [5.41, 5.74) is 5.69. The Morgan fingerprint density at radius 1 is 1.55 bits per heavy atom. The average molecular weight is 318 g/mol. The number of hydrogen-bond donors (Lipinski definition) is 3. The number of nitrogen functional groups attached to an aromatic ring is 1. The van der Waals surface area contributed by atoms with Crippen molar-refractivity contribution in [2.24, 2.45) is 0 Å². The summed E-state index contributed by atoms with van der Waals surface area (Å²) in [6.45, 7) is 2.74. The fraction of sp³-hybridized carbons (Fsp3) is 0.636. The van der Waals surface area contributed by atoms with Crippen LogP contribution in [0.1, 0.15) is 29.4 Å². The van der Waals surface area contributed by atoms with Gasteiger partial charge in [0, 0.05) is 13.1 Å². The lowest BCUT2D eigenvalue weighted by molar-refractivity contribution is 0.0958. The molecule has 1 saturated heterocycles. The molecule has 1 aliphatic rings. The van der Waals surface area contributed by atoms with Crippen molar-refractivity contribution >= 4 is 38.0 Å². The van der Waals surface area contributed by atoms with E-state index in [2.05, 4.69) is 15.6 Å². The lowest BCUT2D eigenvalue weighted by Gasteiger charge is -2.10. The number of carbonyl (C=O) groups excluding carboxylic acids is 1. The highest BCUT2D eigenvalue weighted by Crippen LogP contribution is 2.25. The number of anilines is 2. The molecule has 0 aliphatic carbocycles. The molecule has 0 aromatic carbocycles. The molecule has 112 valence electrons. The van der Waals surface area contributed by atoms with Crippen LogP contribution in [0.15, 0.2) is 0 Å². The van der Waals surface area contributed by atoms with Crippen LogP contribution >= 0.6 is 11.3 Å². The summed E-state index contributed by atoms with van der Waals surface area (Å²) in [4.78, 5) is 16.4. The fourth-order valence-corrected chi connectivity index (χ4v) is 4.73. The lowest BCUT2D eigenvalue weighted by atomic mass is 10.2. The van der Waals surface area contributed by atoms with Gasteiger partial charge in [-0.25, -0.2) is 13.4 Å². The second kappa shape index (κ2) is 5.96. The van der Waals surface area contributed by atoms with Gasteiger partial charge in [-0.3, -0.25) is 4.79 Å². The van der Waals surface area contributed by atoms with Crippen LogP contribution in [0.3, 0.4) is 0 Å². The predicted octanol–water partition coefficient (Wildman–Crippen LogP) is 0.464. The highest BCUT2D eigenvalue weighted by Gasteiger charge is 2.31. The maximum atomic E-state index is 12.0. The van der Waals surface area contributed by atoms with Gasteiger partial charge < -0.3 is 16.4 Å². The van der Waals surface area contributed by atoms with Crippen molar-refractivity contribution in [3.05, 3.63) is 4.88 Å². The minimum Gasteiger partial charge on any atom is -0.382 e. The predicted molar refractivity (Wildman–Crippen MR) is 79.8 cm³/mol. The zero-order valence-corrected chi connectivity index (χ0v) is 12.8. The molecule has 2 heterocycles. The van der Waals surface area contributed by atoms with Gasteiger partial charge in [0.25, 0.3) is 5.91 Å². The average Bonchev–Trinajstić information content (AvgIpc) is 2.90. The number of thiazole rings is 1. The van der Waals surface area contributed by atoms with E-state index in [1.807, 2.05) is 6.92 Å². The van der Waals surface area contributed by atoms with E-state index in [1.165, 1.54) is 11.3 Å². The molecule has 9 heteroatoms. The minimum absolute atomic E-state index is 0.134. The third kappa shape index (κ3) is 3.21. The smallest absolute Gasteiger partial charge is 0.265 e. The Morgan fingerprint density at radius 3 is 2.90 bits per heavy atom. The molecule has 0 bridgehead atoms. The minimum atomic E-state index is -3.05. The summed E-state index contributed by atoms with van der Waals surface area (Å²) < 4.78 is 23.3. The van der Waals surface area contributed by atoms with Crippen LogP contribution in [0, 0.1) is 0 Å². The first-order chi connectivity index (χ1) is 9.44. The van der Waals surface area contributed by atoms with Crippen LogP contribution in [0.25, 0.3) is 0 Å². The molecule has 1 atom stereocenters. The monoisotopic (exact) mass is 318 g/mol. The Morgan fingerprint density at radius 2 is 2.30 bits per heavy atom. The van der Waals surface area contributed by atoms with E-state index >= 15 is 0 Å². The largest absolute Gasteiger partial charge is 0.382 e. The topological polar surface area (TPSA) is 114 Å². The van der Waals surface area contributed by atoms with Crippen molar-refractivity contribution in [3.8, 4) is 0 Å². The zero-order valence-electron chi connectivity index (χ0n) is 11.2. The maximum Gasteiger partial charge on any atom is 0.265 e. The molecule has 0 saturated carbocycles. The second-order valence-corrected chi connectivity index (χ2v) is 8.00. The van der Waals surface area contributed by atoms with E-state index in [1.54, 1.807) is 0 Å². The van der Waals surface area contributed by atoms with Gasteiger partial charge in [-0.1, -0.05) is 11.3 Å². The zero-order chi connectivity index (χ0) is 14.8. The van der Waals surface area contributed by atoms with Crippen molar-refractivity contribution in [1.82, 2.24) is 10.3 Å². The summed E-state index contributed by atoms with van der Waals surface area (Å²) in [6.07, 6.45) is 1.26. The van der Waals surface area contributed by atoms with Gasteiger partial charge in [0.2, 0.25) is 0 Å². The summed E-state index contributed by atoms with van der Waals surface area (Å²) in [6, 6.07) is 0. The molecule has 0 spiro atoms. The Hall–Kier alpha value is -1.35. The summed E-state index contributed by atoms with van der Waals surface area (Å²) in [5, 5.41) is 5.73. The number of rotatable bonds is 5. The van der Waals surface area contributed by atoms with Gasteiger partial charge >= 0.3 is 0 Å². The summed E-state index contributed by atoms with van der Waals surface area (Å²) in [5.74, 6) is 0.00448. The molecule has 4 N–H and O–H groups in total. The van der Waals surface area contributed by atoms with Gasteiger partial charge in [0.1, 0.15) is 10.7 Å². The molecule has 1 unspecified atom stereocenters. The highest BCUT2D eigenvalue weighted by atomic mass is 32.2. The maximum absolute atomic E-state index is 12.0. The second-order valence-electron chi connectivity index (χ2n) is 4.60. The van der Waals surface area contributed by atoms with E-state index < -0.39 is 15.1 Å². The van der Waals surface area contributed by atoms with Crippen LogP contribution in [0.5, 0.6) is 0 Å². The number of nitrogens with one attached hydrogen (secondary N) is 2. The van der Waals surface area contributed by atoms with Crippen molar-refractivity contribution in [1.29, 1.82) is 0 Å². The molecule has 1 fully saturated rings.